The predicted octanol–water partition coefficient (Wildman–Crippen LogP) is 7.21. The molecule has 0 aliphatic rings. The fraction of sp³-hybridized carbons (Fsp3) is 0. The Kier molecular flexibility index (Phi) is 12.1. The molecule has 9 rings (SSSR count). The van der Waals surface area contributed by atoms with Gasteiger partial charge in [0.15, 0.2) is 0 Å². The van der Waals surface area contributed by atoms with E-state index in [1.165, 1.54) is 63.3 Å². The lowest BCUT2D eigenvalue weighted by molar-refractivity contribution is 1.73. The first kappa shape index (κ1) is 38.0. The molecule has 0 N–H and O–H groups in total. The molecule has 0 aromatic heterocycles. The summed E-state index contributed by atoms with van der Waals surface area (Å²) in [7, 11) is -4.87. The van der Waals surface area contributed by atoms with Crippen molar-refractivity contribution in [3.05, 3.63) is 255 Å². The van der Waals surface area contributed by atoms with Gasteiger partial charge >= 0.3 is 0 Å². The Bertz CT molecular complexity index is 2260. The minimum Gasteiger partial charge on any atom is -0.0623 e. The van der Waals surface area contributed by atoms with Crippen LogP contribution in [0.1, 0.15) is 0 Å². The highest BCUT2D eigenvalue weighted by Crippen LogP contribution is 2.35. The predicted molar refractivity (Wildman–Crippen MR) is 261 cm³/mol. The average Bonchev–Trinajstić information content (AvgIpc) is 3.30. The third-order valence-electron chi connectivity index (χ3n) is 10.6. The number of hydrogen-bond donors (Lipinski definition) is 0. The molecular weight excluding hydrogens is 770 g/mol. The summed E-state index contributed by atoms with van der Waals surface area (Å²) < 4.78 is 0. The second kappa shape index (κ2) is 18.4. The number of rotatable bonds is 12. The van der Waals surface area contributed by atoms with Crippen LogP contribution in [0.15, 0.2) is 255 Å². The lowest BCUT2D eigenvalue weighted by atomic mass is 10.3. The minimum absolute atomic E-state index is 0.860. The molecule has 58 heavy (non-hydrogen) atoms. The van der Waals surface area contributed by atoms with Gasteiger partial charge in [-0.2, -0.15) is 0 Å². The van der Waals surface area contributed by atoms with Crippen molar-refractivity contribution < 1.29 is 0 Å². The summed E-state index contributed by atoms with van der Waals surface area (Å²) in [5.74, 6) is 0. The molecule has 0 aliphatic carbocycles. The zero-order valence-corrected chi connectivity index (χ0v) is 36.0. The molecule has 0 spiro atoms. The summed E-state index contributed by atoms with van der Waals surface area (Å²) >= 11 is 0. The third-order valence-corrected chi connectivity index (χ3v) is 22.2. The van der Waals surface area contributed by atoms with Crippen molar-refractivity contribution in [1.82, 2.24) is 0 Å². The second-order valence-corrected chi connectivity index (χ2v) is 23.4. The second-order valence-electron chi connectivity index (χ2n) is 14.1. The van der Waals surface area contributed by atoms with Crippen molar-refractivity contribution in [1.29, 1.82) is 0 Å². The van der Waals surface area contributed by atoms with Crippen molar-refractivity contribution in [3.8, 4) is 0 Å². The molecule has 0 radical (unpaired) electrons. The van der Waals surface area contributed by atoms with E-state index in [1.807, 2.05) is 0 Å². The fourth-order valence-electron chi connectivity index (χ4n) is 8.05. The first-order valence-corrected chi connectivity index (χ1v) is 25.6. The van der Waals surface area contributed by atoms with E-state index in [0.29, 0.717) is 0 Å². The lowest BCUT2D eigenvalue weighted by Gasteiger charge is -2.32. The molecule has 0 atom stereocenters. The minimum atomic E-state index is -2.29. The molecule has 0 amide bonds. The van der Waals surface area contributed by atoms with Crippen LogP contribution in [-0.4, -0.2) is 8.80 Å². The van der Waals surface area contributed by atoms with Crippen LogP contribution in [-0.2, 0) is 0 Å². The quantitative estimate of drug-likeness (QED) is 0.0696. The van der Waals surface area contributed by atoms with E-state index < -0.39 is 32.6 Å². The first-order chi connectivity index (χ1) is 28.8. The molecule has 9 aromatic rings. The molecule has 0 heterocycles. The van der Waals surface area contributed by atoms with Crippen molar-refractivity contribution in [2.45, 2.75) is 0 Å². The van der Waals surface area contributed by atoms with Crippen LogP contribution in [0.5, 0.6) is 0 Å². The monoisotopic (exact) mass is 812 g/mol. The van der Waals surface area contributed by atoms with Crippen LogP contribution in [0, 0.1) is 0 Å². The van der Waals surface area contributed by atoms with E-state index in [0.717, 1.165) is 0 Å². The molecule has 0 aliphatic heterocycles. The molecule has 0 bridgehead atoms. The third kappa shape index (κ3) is 8.11. The Morgan fingerprint density at radius 2 is 0.362 bits per heavy atom. The van der Waals surface area contributed by atoms with Gasteiger partial charge < -0.3 is 0 Å². The fourth-order valence-corrected chi connectivity index (χ4v) is 20.6. The van der Waals surface area contributed by atoms with Gasteiger partial charge in [0.25, 0.3) is 0 Å². The van der Waals surface area contributed by atoms with E-state index in [4.69, 9.17) is 0 Å². The normalized spacial score (nSPS) is 11.4. The summed E-state index contributed by atoms with van der Waals surface area (Å²) in [6.07, 6.45) is 0. The van der Waals surface area contributed by atoms with Gasteiger partial charge in [0.1, 0.15) is 8.80 Å². The molecule has 0 saturated carbocycles. The highest BCUT2D eigenvalue weighted by Gasteiger charge is 2.33. The maximum Gasteiger partial charge on any atom is 0.135 e. The number of benzene rings is 9. The Labute approximate surface area is 348 Å². The number of hydrogen-bond acceptors (Lipinski definition) is 0. The molecule has 0 unspecified atom stereocenters. The van der Waals surface area contributed by atoms with Gasteiger partial charge in [-0.1, -0.05) is 255 Å². The summed E-state index contributed by atoms with van der Waals surface area (Å²) in [4.78, 5) is 0. The molecule has 9 aromatic carbocycles. The van der Waals surface area contributed by atoms with E-state index in [2.05, 4.69) is 255 Å². The van der Waals surface area contributed by atoms with Crippen molar-refractivity contribution >= 4 is 95.9 Å². The molecule has 0 fully saturated rings. The topological polar surface area (TPSA) is 0 Å². The summed E-state index contributed by atoms with van der Waals surface area (Å²) in [5.41, 5.74) is 0. The maximum absolute atomic E-state index is 2.49. The van der Waals surface area contributed by atoms with Crippen LogP contribution in [0.4, 0.5) is 0 Å². The highest BCUT2D eigenvalue weighted by atomic mass is 31.1. The smallest absolute Gasteiger partial charge is 0.0623 e. The van der Waals surface area contributed by atoms with Gasteiger partial charge in [0, 0.05) is 0 Å². The average molecular weight is 813 g/mol. The van der Waals surface area contributed by atoms with Gasteiger partial charge in [-0.3, -0.25) is 0 Å². The summed E-state index contributed by atoms with van der Waals surface area (Å²) in [6, 6.07) is 95.8. The largest absolute Gasteiger partial charge is 0.135 e. The zero-order chi connectivity index (χ0) is 38.9. The molecule has 0 nitrogen and oxygen atoms in total. The van der Waals surface area contributed by atoms with Crippen LogP contribution >= 0.6 is 23.8 Å². The van der Waals surface area contributed by atoms with Crippen LogP contribution < -0.4 is 63.3 Å². The Balaban J connectivity index is 1.36. The van der Waals surface area contributed by atoms with E-state index in [9.17, 15) is 0 Å². The van der Waals surface area contributed by atoms with E-state index in [-0.39, 0.29) is 0 Å². The standard InChI is InChI=1S/C54H43P3Si/c1-7-25-43(26-8-1)55(44-27-9-2-10-28-44)49-37-19-22-40-52(49)58(53-41-23-20-38-50(53)56(45-29-11-3-12-30-45)46-31-13-4-14-32-46)54-42-24-21-39-51(54)57(47-33-15-5-16-34-47)48-35-17-6-18-36-48/h1-42,58H. The Morgan fingerprint density at radius 3 is 0.569 bits per heavy atom. The Morgan fingerprint density at radius 1 is 0.190 bits per heavy atom. The lowest BCUT2D eigenvalue weighted by Crippen LogP contribution is -2.63. The van der Waals surface area contributed by atoms with Crippen LogP contribution in [0.2, 0.25) is 0 Å². The van der Waals surface area contributed by atoms with Crippen LogP contribution in [0.25, 0.3) is 0 Å². The van der Waals surface area contributed by atoms with Crippen molar-refractivity contribution in [2.75, 3.05) is 0 Å². The highest BCUT2D eigenvalue weighted by molar-refractivity contribution is 7.81. The van der Waals surface area contributed by atoms with Gasteiger partial charge in [-0.05, 0) is 87.1 Å². The molecular formula is C54H43P3Si. The van der Waals surface area contributed by atoms with Gasteiger partial charge in [-0.15, -0.1) is 0 Å². The molecule has 0 saturated heterocycles. The summed E-state index contributed by atoms with van der Waals surface area (Å²) in [5, 5.41) is 17.1. The van der Waals surface area contributed by atoms with E-state index in [1.54, 1.807) is 0 Å². The van der Waals surface area contributed by atoms with Gasteiger partial charge in [0.05, 0.1) is 0 Å². The molecule has 278 valence electrons. The zero-order valence-electron chi connectivity index (χ0n) is 32.2. The molecule has 4 heteroatoms. The maximum atomic E-state index is 2.49. The Hall–Kier alpha value is -5.51. The van der Waals surface area contributed by atoms with Crippen molar-refractivity contribution in [2.24, 2.45) is 0 Å². The van der Waals surface area contributed by atoms with Crippen molar-refractivity contribution in [3.63, 3.8) is 0 Å². The SMILES string of the molecule is c1ccc(P(c2ccccc2)c2ccccc2[SiH](c2ccccc2P(c2ccccc2)c2ccccc2)c2ccccc2P(c2ccccc2)c2ccccc2)cc1. The summed E-state index contributed by atoms with van der Waals surface area (Å²) in [6.45, 7) is 0. The van der Waals surface area contributed by atoms with Gasteiger partial charge in [0.2, 0.25) is 0 Å². The first-order valence-electron chi connectivity index (χ1n) is 19.8. The van der Waals surface area contributed by atoms with Crippen LogP contribution in [0.3, 0.4) is 0 Å². The van der Waals surface area contributed by atoms with Gasteiger partial charge in [-0.25, -0.2) is 0 Å². The van der Waals surface area contributed by atoms with E-state index >= 15 is 0 Å².